The molecule has 3 aromatic heterocycles. The summed E-state index contributed by atoms with van der Waals surface area (Å²) in [5.74, 6) is -0.971. The number of hydrogen-bond donors (Lipinski definition) is 2. The summed E-state index contributed by atoms with van der Waals surface area (Å²) in [5.41, 5.74) is 1.92. The lowest BCUT2D eigenvalue weighted by Gasteiger charge is -2.20. The SMILES string of the molecule is O=C(CNc1cccc(C(Cc2ccc(-n3cccn3)cc2)NS(=O)(=O)c2cccnc2)n1)OCC(F)(F)F. The molecule has 10 nitrogen and oxygen atoms in total. The number of aromatic nitrogens is 4. The highest BCUT2D eigenvalue weighted by molar-refractivity contribution is 7.89. The molecule has 0 bridgehead atoms. The fraction of sp³-hybridized carbons (Fsp3) is 0.200. The summed E-state index contributed by atoms with van der Waals surface area (Å²) in [5, 5.41) is 6.79. The average molecular weight is 561 g/mol. The van der Waals surface area contributed by atoms with Crippen molar-refractivity contribution in [3.8, 4) is 5.69 Å². The molecule has 0 spiro atoms. The molecule has 1 aromatic carbocycles. The molecule has 0 amide bonds. The highest BCUT2D eigenvalue weighted by Crippen LogP contribution is 2.22. The van der Waals surface area contributed by atoms with E-state index >= 15 is 0 Å². The lowest BCUT2D eigenvalue weighted by Crippen LogP contribution is -2.31. The lowest BCUT2D eigenvalue weighted by molar-refractivity contribution is -0.184. The number of esters is 1. The Labute approximate surface area is 221 Å². The number of sulfonamides is 1. The van der Waals surface area contributed by atoms with E-state index in [1.165, 1.54) is 30.6 Å². The topological polar surface area (TPSA) is 128 Å². The van der Waals surface area contributed by atoms with Crippen LogP contribution >= 0.6 is 0 Å². The molecule has 0 aliphatic heterocycles. The molecule has 4 rings (SSSR count). The molecule has 14 heteroatoms. The van der Waals surface area contributed by atoms with Crippen molar-refractivity contribution >= 4 is 21.8 Å². The van der Waals surface area contributed by atoms with Crippen LogP contribution in [0.15, 0.2) is 90.3 Å². The van der Waals surface area contributed by atoms with Gasteiger partial charge in [0.25, 0.3) is 0 Å². The van der Waals surface area contributed by atoms with Gasteiger partial charge in [0.1, 0.15) is 17.3 Å². The van der Waals surface area contributed by atoms with Gasteiger partial charge in [-0.2, -0.15) is 18.3 Å². The Kier molecular flexibility index (Phi) is 8.56. The maximum Gasteiger partial charge on any atom is 0.422 e. The Morgan fingerprint density at radius 3 is 2.49 bits per heavy atom. The monoisotopic (exact) mass is 560 g/mol. The molecule has 4 aromatic rings. The first kappa shape index (κ1) is 27.7. The maximum atomic E-state index is 13.1. The molecule has 0 saturated heterocycles. The van der Waals surface area contributed by atoms with E-state index in [0.717, 1.165) is 11.3 Å². The predicted molar refractivity (Wildman–Crippen MR) is 134 cm³/mol. The van der Waals surface area contributed by atoms with Crippen molar-refractivity contribution in [2.24, 2.45) is 0 Å². The zero-order chi connectivity index (χ0) is 27.9. The molecule has 0 radical (unpaired) electrons. The number of nitrogens with zero attached hydrogens (tertiary/aromatic N) is 4. The average Bonchev–Trinajstić information content (AvgIpc) is 3.46. The van der Waals surface area contributed by atoms with Gasteiger partial charge in [-0.25, -0.2) is 22.8 Å². The predicted octanol–water partition coefficient (Wildman–Crippen LogP) is 3.44. The van der Waals surface area contributed by atoms with Crippen LogP contribution in [0, 0.1) is 0 Å². The fourth-order valence-electron chi connectivity index (χ4n) is 3.53. The van der Waals surface area contributed by atoms with Gasteiger partial charge in [-0.1, -0.05) is 18.2 Å². The molecule has 1 unspecified atom stereocenters. The quantitative estimate of drug-likeness (QED) is 0.267. The van der Waals surface area contributed by atoms with Crippen molar-refractivity contribution < 1.29 is 31.1 Å². The van der Waals surface area contributed by atoms with Crippen molar-refractivity contribution in [3.05, 3.63) is 96.7 Å². The smallest absolute Gasteiger partial charge is 0.422 e. The number of hydrogen-bond acceptors (Lipinski definition) is 8. The zero-order valence-electron chi connectivity index (χ0n) is 20.2. The van der Waals surface area contributed by atoms with Crippen LogP contribution in [0.3, 0.4) is 0 Å². The number of rotatable bonds is 11. The minimum atomic E-state index is -4.64. The number of carbonyl (C=O) groups is 1. The molecule has 0 aliphatic rings. The van der Waals surface area contributed by atoms with Gasteiger partial charge in [-0.05, 0) is 54.4 Å². The van der Waals surface area contributed by atoms with Crippen LogP contribution < -0.4 is 10.0 Å². The zero-order valence-corrected chi connectivity index (χ0v) is 21.1. The van der Waals surface area contributed by atoms with Crippen LogP contribution in [0.4, 0.5) is 19.0 Å². The molecule has 3 heterocycles. The summed E-state index contributed by atoms with van der Waals surface area (Å²) in [6.07, 6.45) is 1.69. The standard InChI is InChI=1S/C25H23F3N6O4S/c26-25(27,28)17-38-24(35)16-30-23-6-1-5-21(32-23)22(33-39(36,37)20-4-2-11-29-15-20)14-18-7-9-19(10-8-18)34-13-3-12-31-34/h1-13,15,22,33H,14,16-17H2,(H,30,32). The van der Waals surface area contributed by atoms with Crippen LogP contribution in [0.25, 0.3) is 5.69 Å². The second-order valence-electron chi connectivity index (χ2n) is 8.26. The Hall–Kier alpha value is -4.30. The fourth-order valence-corrected chi connectivity index (χ4v) is 4.70. The first-order valence-corrected chi connectivity index (χ1v) is 13.0. The molecular formula is C25H23F3N6O4S. The molecule has 1 atom stereocenters. The van der Waals surface area contributed by atoms with Gasteiger partial charge in [0.2, 0.25) is 10.0 Å². The Bertz CT molecular complexity index is 1480. The van der Waals surface area contributed by atoms with E-state index in [-0.39, 0.29) is 17.1 Å². The summed E-state index contributed by atoms with van der Waals surface area (Å²) in [6.45, 7) is -2.26. The summed E-state index contributed by atoms with van der Waals surface area (Å²) in [7, 11) is -4.00. The lowest BCUT2D eigenvalue weighted by atomic mass is 10.0. The summed E-state index contributed by atoms with van der Waals surface area (Å²) < 4.78 is 71.6. The van der Waals surface area contributed by atoms with E-state index in [1.807, 2.05) is 24.3 Å². The second kappa shape index (κ2) is 12.0. The van der Waals surface area contributed by atoms with Crippen LogP contribution in [0.5, 0.6) is 0 Å². The Balaban J connectivity index is 1.54. The summed E-state index contributed by atoms with van der Waals surface area (Å²) in [4.78, 5) is 19.9. The molecule has 0 fully saturated rings. The molecular weight excluding hydrogens is 537 g/mol. The molecule has 204 valence electrons. The normalized spacial score (nSPS) is 12.6. The highest BCUT2D eigenvalue weighted by Gasteiger charge is 2.29. The molecule has 0 aliphatic carbocycles. The van der Waals surface area contributed by atoms with Crippen LogP contribution in [-0.4, -0.2) is 53.5 Å². The van der Waals surface area contributed by atoms with E-state index in [0.29, 0.717) is 5.69 Å². The Morgan fingerprint density at radius 1 is 1.03 bits per heavy atom. The van der Waals surface area contributed by atoms with Crippen molar-refractivity contribution in [2.45, 2.75) is 23.5 Å². The van der Waals surface area contributed by atoms with Crippen LogP contribution in [0.1, 0.15) is 17.3 Å². The van der Waals surface area contributed by atoms with E-state index < -0.39 is 41.4 Å². The third kappa shape index (κ3) is 8.09. The van der Waals surface area contributed by atoms with Gasteiger partial charge in [0.05, 0.1) is 17.4 Å². The van der Waals surface area contributed by atoms with Gasteiger partial charge in [-0.3, -0.25) is 9.78 Å². The first-order valence-electron chi connectivity index (χ1n) is 11.5. The van der Waals surface area contributed by atoms with Crippen molar-refractivity contribution in [2.75, 3.05) is 18.5 Å². The number of anilines is 1. The number of pyridine rings is 2. The van der Waals surface area contributed by atoms with Crippen LogP contribution in [0.2, 0.25) is 0 Å². The van der Waals surface area contributed by atoms with Crippen molar-refractivity contribution in [1.82, 2.24) is 24.5 Å². The summed E-state index contributed by atoms with van der Waals surface area (Å²) in [6, 6.07) is 15.9. The largest absolute Gasteiger partial charge is 0.455 e. The third-order valence-electron chi connectivity index (χ3n) is 5.33. The second-order valence-corrected chi connectivity index (χ2v) is 9.97. The first-order chi connectivity index (χ1) is 18.6. The third-order valence-corrected chi connectivity index (χ3v) is 6.78. The molecule has 2 N–H and O–H groups in total. The summed E-state index contributed by atoms with van der Waals surface area (Å²) >= 11 is 0. The van der Waals surface area contributed by atoms with E-state index in [1.54, 1.807) is 35.3 Å². The van der Waals surface area contributed by atoms with E-state index in [9.17, 15) is 26.4 Å². The number of benzene rings is 1. The van der Waals surface area contributed by atoms with Gasteiger partial charge in [-0.15, -0.1) is 0 Å². The number of nitrogens with one attached hydrogen (secondary N) is 2. The number of ether oxygens (including phenoxy) is 1. The van der Waals surface area contributed by atoms with E-state index in [4.69, 9.17) is 0 Å². The van der Waals surface area contributed by atoms with Crippen molar-refractivity contribution in [3.63, 3.8) is 0 Å². The van der Waals surface area contributed by atoms with Gasteiger partial charge < -0.3 is 10.1 Å². The molecule has 39 heavy (non-hydrogen) atoms. The minimum Gasteiger partial charge on any atom is -0.455 e. The van der Waals surface area contributed by atoms with E-state index in [2.05, 4.69) is 29.8 Å². The van der Waals surface area contributed by atoms with Gasteiger partial charge in [0.15, 0.2) is 6.61 Å². The maximum absolute atomic E-state index is 13.1. The van der Waals surface area contributed by atoms with Crippen molar-refractivity contribution in [1.29, 1.82) is 0 Å². The van der Waals surface area contributed by atoms with Gasteiger partial charge >= 0.3 is 12.1 Å². The number of alkyl halides is 3. The minimum absolute atomic E-state index is 0.0364. The number of halogens is 3. The molecule has 0 saturated carbocycles. The van der Waals surface area contributed by atoms with Crippen LogP contribution in [-0.2, 0) is 26.0 Å². The Morgan fingerprint density at radius 2 is 1.82 bits per heavy atom. The van der Waals surface area contributed by atoms with Gasteiger partial charge in [0, 0.05) is 24.8 Å². The highest BCUT2D eigenvalue weighted by atomic mass is 32.2. The number of carbonyl (C=O) groups excluding carboxylic acids is 1.